The van der Waals surface area contributed by atoms with E-state index < -0.39 is 10.8 Å². The van der Waals surface area contributed by atoms with E-state index in [1.165, 1.54) is 25.4 Å². The van der Waals surface area contributed by atoms with Crippen LogP contribution in [0.15, 0.2) is 53.9 Å². The van der Waals surface area contributed by atoms with Gasteiger partial charge in [-0.2, -0.15) is 0 Å². The Morgan fingerprint density at radius 2 is 2.00 bits per heavy atom. The molecular formula is C19H18N6O4S. The predicted octanol–water partition coefficient (Wildman–Crippen LogP) is 3.17. The molecule has 3 rings (SSSR count). The molecule has 2 aromatic carbocycles. The second kappa shape index (κ2) is 9.18. The number of nitro groups is 1. The van der Waals surface area contributed by atoms with Gasteiger partial charge < -0.3 is 10.6 Å². The van der Waals surface area contributed by atoms with E-state index in [0.717, 1.165) is 17.3 Å². The van der Waals surface area contributed by atoms with Gasteiger partial charge in [0, 0.05) is 18.7 Å². The number of benzene rings is 2. The number of nitro benzene ring substituents is 1. The van der Waals surface area contributed by atoms with E-state index in [4.69, 9.17) is 0 Å². The van der Waals surface area contributed by atoms with E-state index in [0.29, 0.717) is 16.5 Å². The van der Waals surface area contributed by atoms with E-state index in [-0.39, 0.29) is 23.0 Å². The van der Waals surface area contributed by atoms with Crippen LogP contribution in [0.2, 0.25) is 0 Å². The summed E-state index contributed by atoms with van der Waals surface area (Å²) in [6.45, 7) is 3.16. The number of aromatic nitrogens is 3. The quantitative estimate of drug-likeness (QED) is 0.337. The topological polar surface area (TPSA) is 132 Å². The average molecular weight is 426 g/mol. The Morgan fingerprint density at radius 3 is 2.73 bits per heavy atom. The lowest BCUT2D eigenvalue weighted by molar-refractivity contribution is -0.384. The zero-order valence-electron chi connectivity index (χ0n) is 16.2. The van der Waals surface area contributed by atoms with Crippen molar-refractivity contribution in [2.75, 3.05) is 16.4 Å². The summed E-state index contributed by atoms with van der Waals surface area (Å²) in [7, 11) is 0. The highest BCUT2D eigenvalue weighted by Gasteiger charge is 2.17. The summed E-state index contributed by atoms with van der Waals surface area (Å²) in [5, 5.41) is 24.8. The standard InChI is InChI=1S/C19H18N6O4S/c1-12-6-7-16(17(8-12)25(28)29)22-18(27)10-30-19-23-20-11-24(19)15-5-3-4-14(9-15)21-13(2)26/h3-9,11H,10H2,1-2H3,(H,21,26)(H,22,27). The number of carbonyl (C=O) groups excluding carboxylic acids is 2. The van der Waals surface area contributed by atoms with Crippen LogP contribution in [0.5, 0.6) is 0 Å². The van der Waals surface area contributed by atoms with Gasteiger partial charge in [-0.1, -0.05) is 23.9 Å². The van der Waals surface area contributed by atoms with Gasteiger partial charge in [0.15, 0.2) is 5.16 Å². The normalized spacial score (nSPS) is 10.5. The van der Waals surface area contributed by atoms with Gasteiger partial charge in [0.2, 0.25) is 11.8 Å². The maximum Gasteiger partial charge on any atom is 0.293 e. The first-order valence-corrected chi connectivity index (χ1v) is 9.78. The van der Waals surface area contributed by atoms with Crippen LogP contribution in [0.4, 0.5) is 17.1 Å². The van der Waals surface area contributed by atoms with E-state index in [2.05, 4.69) is 20.8 Å². The molecule has 0 saturated carbocycles. The molecule has 1 heterocycles. The smallest absolute Gasteiger partial charge is 0.293 e. The molecule has 3 aromatic rings. The van der Waals surface area contributed by atoms with Gasteiger partial charge in [-0.25, -0.2) is 0 Å². The Hall–Kier alpha value is -3.73. The average Bonchev–Trinajstić information content (AvgIpc) is 3.16. The van der Waals surface area contributed by atoms with Crippen molar-refractivity contribution in [1.29, 1.82) is 0 Å². The number of thioether (sulfide) groups is 1. The van der Waals surface area contributed by atoms with Crippen LogP contribution in [0, 0.1) is 17.0 Å². The Labute approximate surface area is 175 Å². The highest BCUT2D eigenvalue weighted by molar-refractivity contribution is 7.99. The number of rotatable bonds is 7. The summed E-state index contributed by atoms with van der Waals surface area (Å²) >= 11 is 1.13. The molecule has 11 heteroatoms. The number of anilines is 2. The third-order valence-corrected chi connectivity index (χ3v) is 4.86. The molecule has 0 saturated heterocycles. The van der Waals surface area contributed by atoms with E-state index >= 15 is 0 Å². The summed E-state index contributed by atoms with van der Waals surface area (Å²) in [6.07, 6.45) is 1.50. The monoisotopic (exact) mass is 426 g/mol. The van der Waals surface area contributed by atoms with Gasteiger partial charge in [-0.15, -0.1) is 10.2 Å². The van der Waals surface area contributed by atoms with Crippen molar-refractivity contribution >= 4 is 40.6 Å². The first-order chi connectivity index (χ1) is 14.3. The third-order valence-electron chi connectivity index (χ3n) is 3.92. The molecule has 2 N–H and O–H groups in total. The number of amides is 2. The number of carbonyl (C=O) groups is 2. The zero-order valence-corrected chi connectivity index (χ0v) is 17.0. The van der Waals surface area contributed by atoms with Crippen LogP contribution >= 0.6 is 11.8 Å². The molecule has 0 aliphatic rings. The van der Waals surface area contributed by atoms with Gasteiger partial charge in [-0.05, 0) is 36.8 Å². The second-order valence-corrected chi connectivity index (χ2v) is 7.27. The summed E-state index contributed by atoms with van der Waals surface area (Å²) in [4.78, 5) is 34.3. The minimum atomic E-state index is -0.533. The van der Waals surface area contributed by atoms with E-state index in [1.807, 2.05) is 6.07 Å². The zero-order chi connectivity index (χ0) is 21.7. The SMILES string of the molecule is CC(=O)Nc1cccc(-n2cnnc2SCC(=O)Nc2ccc(C)cc2[N+](=O)[O-])c1. The van der Waals surface area contributed by atoms with Crippen LogP contribution in [0.25, 0.3) is 5.69 Å². The highest BCUT2D eigenvalue weighted by atomic mass is 32.2. The number of hydrogen-bond acceptors (Lipinski definition) is 7. The maximum absolute atomic E-state index is 12.3. The van der Waals surface area contributed by atoms with Gasteiger partial charge in [0.05, 0.1) is 16.4 Å². The molecule has 2 amide bonds. The maximum atomic E-state index is 12.3. The van der Waals surface area contributed by atoms with Crippen molar-refractivity contribution in [1.82, 2.24) is 14.8 Å². The Bertz CT molecular complexity index is 1110. The molecule has 0 bridgehead atoms. The molecule has 30 heavy (non-hydrogen) atoms. The van der Waals surface area contributed by atoms with Crippen LogP contribution < -0.4 is 10.6 Å². The van der Waals surface area contributed by atoms with Crippen molar-refractivity contribution in [3.63, 3.8) is 0 Å². The predicted molar refractivity (Wildman–Crippen MR) is 113 cm³/mol. The van der Waals surface area contributed by atoms with E-state index in [1.54, 1.807) is 35.8 Å². The lowest BCUT2D eigenvalue weighted by Crippen LogP contribution is -2.15. The Kier molecular flexibility index (Phi) is 6.42. The van der Waals surface area contributed by atoms with Crippen LogP contribution in [-0.4, -0.2) is 37.3 Å². The minimum absolute atomic E-state index is 0.0187. The molecule has 0 unspecified atom stereocenters. The van der Waals surface area contributed by atoms with Crippen molar-refractivity contribution in [2.45, 2.75) is 19.0 Å². The fourth-order valence-corrected chi connectivity index (χ4v) is 3.38. The second-order valence-electron chi connectivity index (χ2n) is 6.33. The van der Waals surface area contributed by atoms with Gasteiger partial charge in [0.25, 0.3) is 5.69 Å². The number of hydrogen-bond donors (Lipinski definition) is 2. The van der Waals surface area contributed by atoms with Crippen LogP contribution in [0.3, 0.4) is 0 Å². The fraction of sp³-hybridized carbons (Fsp3) is 0.158. The van der Waals surface area contributed by atoms with Crippen molar-refractivity contribution in [2.24, 2.45) is 0 Å². The van der Waals surface area contributed by atoms with Crippen molar-refractivity contribution < 1.29 is 14.5 Å². The lowest BCUT2D eigenvalue weighted by atomic mass is 10.2. The van der Waals surface area contributed by atoms with E-state index in [9.17, 15) is 19.7 Å². The molecule has 0 radical (unpaired) electrons. The number of nitrogens with zero attached hydrogens (tertiary/aromatic N) is 4. The molecule has 10 nitrogen and oxygen atoms in total. The molecule has 0 aliphatic carbocycles. The molecular weight excluding hydrogens is 408 g/mol. The molecule has 0 fully saturated rings. The molecule has 0 aliphatic heterocycles. The van der Waals surface area contributed by atoms with Crippen molar-refractivity contribution in [3.8, 4) is 5.69 Å². The molecule has 154 valence electrons. The summed E-state index contributed by atoms with van der Waals surface area (Å²) in [5.74, 6) is -0.615. The first-order valence-electron chi connectivity index (χ1n) is 8.79. The minimum Gasteiger partial charge on any atom is -0.326 e. The number of nitrogens with one attached hydrogen (secondary N) is 2. The third kappa shape index (κ3) is 5.20. The first kappa shape index (κ1) is 21.0. The summed E-state index contributed by atoms with van der Waals surface area (Å²) in [5.41, 5.74) is 2.04. The highest BCUT2D eigenvalue weighted by Crippen LogP contribution is 2.26. The lowest BCUT2D eigenvalue weighted by Gasteiger charge is -2.09. The molecule has 1 aromatic heterocycles. The van der Waals surface area contributed by atoms with Crippen LogP contribution in [0.1, 0.15) is 12.5 Å². The van der Waals surface area contributed by atoms with Gasteiger partial charge in [-0.3, -0.25) is 24.3 Å². The van der Waals surface area contributed by atoms with Crippen molar-refractivity contribution in [3.05, 3.63) is 64.5 Å². The summed E-state index contributed by atoms with van der Waals surface area (Å²) < 4.78 is 1.68. The van der Waals surface area contributed by atoms with Gasteiger partial charge in [0.1, 0.15) is 12.0 Å². The molecule has 0 atom stereocenters. The Morgan fingerprint density at radius 1 is 1.20 bits per heavy atom. The largest absolute Gasteiger partial charge is 0.326 e. The van der Waals surface area contributed by atoms with Gasteiger partial charge >= 0.3 is 0 Å². The fourth-order valence-electron chi connectivity index (χ4n) is 2.65. The summed E-state index contributed by atoms with van der Waals surface area (Å²) in [6, 6.07) is 11.7. The molecule has 0 spiro atoms. The van der Waals surface area contributed by atoms with Crippen LogP contribution in [-0.2, 0) is 9.59 Å². The number of aryl methyl sites for hydroxylation is 1. The Balaban J connectivity index is 1.70.